The van der Waals surface area contributed by atoms with E-state index in [9.17, 15) is 13.2 Å². The number of carbonyl (C=O) groups excluding carboxylic acids is 1. The number of hydrogen-bond donors (Lipinski definition) is 0. The van der Waals surface area contributed by atoms with E-state index in [1.165, 1.54) is 10.6 Å². The average Bonchev–Trinajstić information content (AvgIpc) is 2.37. The van der Waals surface area contributed by atoms with Crippen molar-refractivity contribution in [1.29, 1.82) is 0 Å². The van der Waals surface area contributed by atoms with Gasteiger partial charge in [0, 0.05) is 39.3 Å². The highest BCUT2D eigenvalue weighted by molar-refractivity contribution is 7.88. The molecule has 0 saturated carbocycles. The summed E-state index contributed by atoms with van der Waals surface area (Å²) < 4.78 is 30.0. The highest BCUT2D eigenvalue weighted by atomic mass is 32.2. The fourth-order valence-electron chi connectivity index (χ4n) is 2.75. The normalized spacial score (nSPS) is 30.4. The van der Waals surface area contributed by atoms with Gasteiger partial charge in [-0.15, -0.1) is 0 Å². The summed E-state index contributed by atoms with van der Waals surface area (Å²) in [6.45, 7) is 5.31. The van der Waals surface area contributed by atoms with Crippen LogP contribution in [0.2, 0.25) is 0 Å². The zero-order valence-corrected chi connectivity index (χ0v) is 13.1. The zero-order valence-electron chi connectivity index (χ0n) is 12.3. The molecule has 0 aromatic rings. The van der Waals surface area contributed by atoms with Crippen LogP contribution in [-0.2, 0) is 19.6 Å². The molecule has 2 fully saturated rings. The first-order valence-electron chi connectivity index (χ1n) is 6.79. The number of hydrogen-bond acceptors (Lipinski definition) is 5. The van der Waals surface area contributed by atoms with E-state index in [0.29, 0.717) is 39.3 Å². The highest BCUT2D eigenvalue weighted by Gasteiger charge is 2.42. The SMILES string of the molecule is CN1CCOC(C)(C(=O)N2CCN(S(C)(=O)=O)CC2)C1. The summed E-state index contributed by atoms with van der Waals surface area (Å²) in [4.78, 5) is 16.4. The third-order valence-electron chi connectivity index (χ3n) is 3.91. The van der Waals surface area contributed by atoms with Crippen LogP contribution in [-0.4, -0.2) is 93.2 Å². The van der Waals surface area contributed by atoms with Gasteiger partial charge in [0.15, 0.2) is 5.60 Å². The third kappa shape index (κ3) is 3.30. The van der Waals surface area contributed by atoms with Gasteiger partial charge in [-0.1, -0.05) is 0 Å². The number of rotatable bonds is 2. The number of likely N-dealkylation sites (N-methyl/N-ethyl adjacent to an activating group) is 1. The van der Waals surface area contributed by atoms with E-state index in [1.807, 2.05) is 14.0 Å². The molecule has 116 valence electrons. The van der Waals surface area contributed by atoms with Crippen molar-refractivity contribution >= 4 is 15.9 Å². The maximum absolute atomic E-state index is 12.6. The maximum atomic E-state index is 12.6. The van der Waals surface area contributed by atoms with Gasteiger partial charge in [-0.25, -0.2) is 8.42 Å². The lowest BCUT2D eigenvalue weighted by Gasteiger charge is -2.42. The van der Waals surface area contributed by atoms with Crippen LogP contribution in [0.25, 0.3) is 0 Å². The third-order valence-corrected chi connectivity index (χ3v) is 5.22. The van der Waals surface area contributed by atoms with Crippen LogP contribution < -0.4 is 0 Å². The van der Waals surface area contributed by atoms with Crippen molar-refractivity contribution < 1.29 is 17.9 Å². The summed E-state index contributed by atoms with van der Waals surface area (Å²) in [5.41, 5.74) is -0.819. The van der Waals surface area contributed by atoms with Gasteiger partial charge in [0.25, 0.3) is 5.91 Å². The van der Waals surface area contributed by atoms with E-state index in [0.717, 1.165) is 6.54 Å². The molecule has 0 bridgehead atoms. The number of sulfonamides is 1. The average molecular weight is 305 g/mol. The summed E-state index contributed by atoms with van der Waals surface area (Å²) in [5.74, 6) is -0.0443. The fourth-order valence-corrected chi connectivity index (χ4v) is 3.58. The minimum Gasteiger partial charge on any atom is -0.363 e. The Kier molecular flexibility index (Phi) is 4.38. The number of amides is 1. The molecule has 2 aliphatic rings. The minimum atomic E-state index is -3.17. The van der Waals surface area contributed by atoms with Crippen molar-refractivity contribution in [2.45, 2.75) is 12.5 Å². The van der Waals surface area contributed by atoms with Crippen LogP contribution in [0.1, 0.15) is 6.92 Å². The van der Waals surface area contributed by atoms with Crippen molar-refractivity contribution in [2.75, 3.05) is 59.2 Å². The molecule has 20 heavy (non-hydrogen) atoms. The molecule has 0 spiro atoms. The fraction of sp³-hybridized carbons (Fsp3) is 0.917. The second-order valence-electron chi connectivity index (χ2n) is 5.77. The second-order valence-corrected chi connectivity index (χ2v) is 7.75. The first-order valence-corrected chi connectivity index (χ1v) is 8.64. The maximum Gasteiger partial charge on any atom is 0.255 e. The van der Waals surface area contributed by atoms with E-state index >= 15 is 0 Å². The molecule has 0 aromatic heterocycles. The Labute approximate surface area is 120 Å². The molecule has 0 aliphatic carbocycles. The van der Waals surface area contributed by atoms with Crippen LogP contribution in [0.15, 0.2) is 0 Å². The molecule has 2 aliphatic heterocycles. The Bertz CT molecular complexity index is 473. The number of piperazine rings is 1. The lowest BCUT2D eigenvalue weighted by atomic mass is 10.0. The monoisotopic (exact) mass is 305 g/mol. The summed E-state index contributed by atoms with van der Waals surface area (Å²) in [5, 5.41) is 0. The van der Waals surface area contributed by atoms with Gasteiger partial charge in [-0.3, -0.25) is 4.79 Å². The van der Waals surface area contributed by atoms with Crippen LogP contribution in [0.4, 0.5) is 0 Å². The standard InChI is InChI=1S/C12H23N3O4S/c1-12(10-13(2)8-9-19-12)11(16)14-4-6-15(7-5-14)20(3,17)18/h4-10H2,1-3H3. The van der Waals surface area contributed by atoms with E-state index in [-0.39, 0.29) is 5.91 Å². The Hall–Kier alpha value is -0.700. The molecule has 0 radical (unpaired) electrons. The van der Waals surface area contributed by atoms with Gasteiger partial charge >= 0.3 is 0 Å². The van der Waals surface area contributed by atoms with Crippen molar-refractivity contribution in [1.82, 2.24) is 14.1 Å². The Morgan fingerprint density at radius 2 is 1.75 bits per heavy atom. The molecule has 8 heteroatoms. The number of nitrogens with zero attached hydrogens (tertiary/aromatic N) is 3. The highest BCUT2D eigenvalue weighted by Crippen LogP contribution is 2.21. The van der Waals surface area contributed by atoms with Crippen LogP contribution in [0.3, 0.4) is 0 Å². The molecule has 1 amide bonds. The molecular formula is C12H23N3O4S. The predicted molar refractivity (Wildman–Crippen MR) is 74.9 cm³/mol. The second kappa shape index (κ2) is 5.59. The molecule has 1 unspecified atom stereocenters. The lowest BCUT2D eigenvalue weighted by molar-refractivity contribution is -0.167. The predicted octanol–water partition coefficient (Wildman–Crippen LogP) is -1.19. The quantitative estimate of drug-likeness (QED) is 0.642. The minimum absolute atomic E-state index is 0.0443. The Morgan fingerprint density at radius 3 is 2.25 bits per heavy atom. The van der Waals surface area contributed by atoms with Gasteiger partial charge in [0.1, 0.15) is 0 Å². The summed E-state index contributed by atoms with van der Waals surface area (Å²) in [6.07, 6.45) is 1.20. The Balaban J connectivity index is 1.98. The number of ether oxygens (including phenoxy) is 1. The van der Waals surface area contributed by atoms with Crippen LogP contribution in [0, 0.1) is 0 Å². The first-order chi connectivity index (χ1) is 9.22. The van der Waals surface area contributed by atoms with Gasteiger partial charge in [-0.05, 0) is 14.0 Å². The molecule has 7 nitrogen and oxygen atoms in total. The zero-order chi connectivity index (χ0) is 15.0. The van der Waals surface area contributed by atoms with E-state index in [4.69, 9.17) is 4.74 Å². The summed E-state index contributed by atoms with van der Waals surface area (Å²) >= 11 is 0. The van der Waals surface area contributed by atoms with Crippen molar-refractivity contribution in [3.8, 4) is 0 Å². The Morgan fingerprint density at radius 1 is 1.15 bits per heavy atom. The first kappa shape index (κ1) is 15.7. The molecule has 2 rings (SSSR count). The molecular weight excluding hydrogens is 282 g/mol. The number of carbonyl (C=O) groups is 1. The lowest BCUT2D eigenvalue weighted by Crippen LogP contribution is -2.61. The topological polar surface area (TPSA) is 70.2 Å². The summed E-state index contributed by atoms with van der Waals surface area (Å²) in [6, 6.07) is 0. The van der Waals surface area contributed by atoms with E-state index < -0.39 is 15.6 Å². The largest absolute Gasteiger partial charge is 0.363 e. The van der Waals surface area contributed by atoms with E-state index in [1.54, 1.807) is 4.90 Å². The molecule has 0 aromatic carbocycles. The van der Waals surface area contributed by atoms with Gasteiger partial charge < -0.3 is 14.5 Å². The van der Waals surface area contributed by atoms with Gasteiger partial charge in [0.05, 0.1) is 12.9 Å². The van der Waals surface area contributed by atoms with E-state index in [2.05, 4.69) is 4.90 Å². The van der Waals surface area contributed by atoms with Crippen molar-refractivity contribution in [3.63, 3.8) is 0 Å². The molecule has 2 saturated heterocycles. The number of morpholine rings is 1. The molecule has 1 atom stereocenters. The van der Waals surface area contributed by atoms with Crippen molar-refractivity contribution in [3.05, 3.63) is 0 Å². The molecule has 0 N–H and O–H groups in total. The smallest absolute Gasteiger partial charge is 0.255 e. The van der Waals surface area contributed by atoms with Gasteiger partial charge in [-0.2, -0.15) is 4.31 Å². The van der Waals surface area contributed by atoms with Crippen molar-refractivity contribution in [2.24, 2.45) is 0 Å². The van der Waals surface area contributed by atoms with Gasteiger partial charge in [0.2, 0.25) is 10.0 Å². The molecule has 2 heterocycles. The summed E-state index contributed by atoms with van der Waals surface area (Å²) in [7, 11) is -1.20. The van der Waals surface area contributed by atoms with Crippen LogP contribution in [0.5, 0.6) is 0 Å². The van der Waals surface area contributed by atoms with Crippen LogP contribution >= 0.6 is 0 Å².